The van der Waals surface area contributed by atoms with Crippen LogP contribution in [0.5, 0.6) is 0 Å². The second-order valence-corrected chi connectivity index (χ2v) is 7.29. The van der Waals surface area contributed by atoms with Gasteiger partial charge in [0.2, 0.25) is 23.5 Å². The van der Waals surface area contributed by atoms with E-state index in [2.05, 4.69) is 0 Å². The summed E-state index contributed by atoms with van der Waals surface area (Å²) in [6.07, 6.45) is 6.16. The molecule has 0 radical (unpaired) electrons. The molecule has 4 rings (SSSR count). The number of H-pyrrole nitrogens is 1. The van der Waals surface area contributed by atoms with Crippen LogP contribution in [-0.4, -0.2) is 38.7 Å². The van der Waals surface area contributed by atoms with Crippen LogP contribution < -0.4 is 11.2 Å². The van der Waals surface area contributed by atoms with Crippen LogP contribution in [0, 0.1) is 29.5 Å². The summed E-state index contributed by atoms with van der Waals surface area (Å²) in [7, 11) is 0. The van der Waals surface area contributed by atoms with E-state index < -0.39 is 23.0 Å². The zero-order valence-corrected chi connectivity index (χ0v) is 14.4. The normalized spacial score (nSPS) is 28.3. The fraction of sp³-hybridized carbons (Fsp3) is 0.500. The van der Waals surface area contributed by atoms with Gasteiger partial charge in [0.25, 0.3) is 5.56 Å². The Kier molecular flexibility index (Phi) is 4.16. The highest BCUT2D eigenvalue weighted by atomic mass is 19.1. The quantitative estimate of drug-likeness (QED) is 0.452. The van der Waals surface area contributed by atoms with Gasteiger partial charge in [-0.05, 0) is 31.1 Å². The van der Waals surface area contributed by atoms with Gasteiger partial charge in [-0.15, -0.1) is 0 Å². The summed E-state index contributed by atoms with van der Waals surface area (Å²) in [5.41, 5.74) is -2.17. The number of unbranched alkanes of at least 4 members (excludes halogenated alkanes) is 1. The molecular weight excluding hydrogens is 357 g/mol. The molecule has 1 aromatic heterocycles. The number of amides is 2. The molecule has 9 heteroatoms. The monoisotopic (exact) mass is 375 g/mol. The van der Waals surface area contributed by atoms with Crippen molar-refractivity contribution in [2.24, 2.45) is 23.7 Å². The SMILES string of the molecule is O=C1[C@@H]2[C@H](C(=O)N1CCCCC(=O)n1cc(F)c(=O)[nH]c1=O)[C@@H]1C=C[C@H]2C1. The molecule has 0 aromatic carbocycles. The minimum Gasteiger partial charge on any atom is -0.282 e. The number of nitrogens with zero attached hydrogens (tertiary/aromatic N) is 2. The van der Waals surface area contributed by atoms with Gasteiger partial charge in [0.15, 0.2) is 0 Å². The van der Waals surface area contributed by atoms with E-state index in [0.717, 1.165) is 6.42 Å². The lowest BCUT2D eigenvalue weighted by Gasteiger charge is -2.16. The van der Waals surface area contributed by atoms with E-state index in [1.165, 1.54) is 4.90 Å². The van der Waals surface area contributed by atoms with Crippen molar-refractivity contribution in [2.45, 2.75) is 25.7 Å². The van der Waals surface area contributed by atoms with Crippen LogP contribution in [0.25, 0.3) is 0 Å². The van der Waals surface area contributed by atoms with Gasteiger partial charge in [-0.2, -0.15) is 4.39 Å². The van der Waals surface area contributed by atoms with Crippen molar-refractivity contribution >= 4 is 17.7 Å². The van der Waals surface area contributed by atoms with Crippen molar-refractivity contribution in [3.63, 3.8) is 0 Å². The van der Waals surface area contributed by atoms with Gasteiger partial charge in [-0.25, -0.2) is 9.36 Å². The van der Waals surface area contributed by atoms with Gasteiger partial charge >= 0.3 is 5.69 Å². The standard InChI is InChI=1S/C18H18FN3O5/c19-11-8-22(18(27)20-15(11)24)12(23)3-1-2-6-21-16(25)13-9-4-5-10(7-9)14(13)17(21)26/h4-5,8-10,13-14H,1-3,6-7H2,(H,20,24,27)/t9-,10+,13-,14+. The van der Waals surface area contributed by atoms with Gasteiger partial charge in [0.1, 0.15) is 0 Å². The van der Waals surface area contributed by atoms with Crippen LogP contribution in [0.4, 0.5) is 4.39 Å². The Bertz CT molecular complexity index is 948. The summed E-state index contributed by atoms with van der Waals surface area (Å²) in [6.45, 7) is 0.228. The molecule has 0 unspecified atom stereocenters. The van der Waals surface area contributed by atoms with Crippen LogP contribution in [0.15, 0.2) is 27.9 Å². The molecule has 2 bridgehead atoms. The summed E-state index contributed by atoms with van der Waals surface area (Å²) < 4.78 is 13.8. The maximum absolute atomic E-state index is 13.2. The third-order valence-corrected chi connectivity index (χ3v) is 5.75. The fourth-order valence-corrected chi connectivity index (χ4v) is 4.48. The van der Waals surface area contributed by atoms with Crippen LogP contribution in [0.2, 0.25) is 0 Å². The molecule has 1 saturated carbocycles. The lowest BCUT2D eigenvalue weighted by atomic mass is 9.85. The number of aromatic amines is 1. The molecule has 2 heterocycles. The summed E-state index contributed by atoms with van der Waals surface area (Å²) in [6, 6.07) is 0. The number of aromatic nitrogens is 2. The zero-order valence-electron chi connectivity index (χ0n) is 14.4. The Balaban J connectivity index is 1.32. The van der Waals surface area contributed by atoms with Crippen molar-refractivity contribution in [2.75, 3.05) is 6.54 Å². The molecule has 4 atom stereocenters. The van der Waals surface area contributed by atoms with Gasteiger partial charge < -0.3 is 0 Å². The molecule has 2 fully saturated rings. The van der Waals surface area contributed by atoms with Gasteiger partial charge in [-0.1, -0.05) is 12.2 Å². The van der Waals surface area contributed by atoms with Crippen LogP contribution in [0.3, 0.4) is 0 Å². The minimum absolute atomic E-state index is 0.0682. The smallest absolute Gasteiger partial charge is 0.282 e. The number of imide groups is 1. The molecule has 0 spiro atoms. The molecular formula is C18H18FN3O5. The first kappa shape index (κ1) is 17.6. The molecule has 27 heavy (non-hydrogen) atoms. The Morgan fingerprint density at radius 3 is 2.33 bits per heavy atom. The maximum atomic E-state index is 13.2. The lowest BCUT2D eigenvalue weighted by molar-refractivity contribution is -0.140. The van der Waals surface area contributed by atoms with E-state index in [0.29, 0.717) is 23.6 Å². The van der Waals surface area contributed by atoms with E-state index >= 15 is 0 Å². The molecule has 2 aliphatic carbocycles. The van der Waals surface area contributed by atoms with Crippen molar-refractivity contribution in [3.8, 4) is 0 Å². The average molecular weight is 375 g/mol. The van der Waals surface area contributed by atoms with Gasteiger partial charge in [0.05, 0.1) is 18.0 Å². The maximum Gasteiger partial charge on any atom is 0.335 e. The van der Waals surface area contributed by atoms with Gasteiger partial charge in [-0.3, -0.25) is 29.1 Å². The average Bonchev–Trinajstić information content (AvgIpc) is 3.30. The highest BCUT2D eigenvalue weighted by Gasteiger charge is 2.58. The third kappa shape index (κ3) is 2.77. The van der Waals surface area contributed by atoms with Crippen LogP contribution in [0.1, 0.15) is 30.5 Å². The molecule has 8 nitrogen and oxygen atoms in total. The summed E-state index contributed by atoms with van der Waals surface area (Å²) in [5, 5.41) is 0. The molecule has 2 amide bonds. The van der Waals surface area contributed by atoms with E-state index in [9.17, 15) is 28.4 Å². The Morgan fingerprint density at radius 2 is 1.70 bits per heavy atom. The van der Waals surface area contributed by atoms with Crippen LogP contribution in [-0.2, 0) is 9.59 Å². The lowest BCUT2D eigenvalue weighted by Crippen LogP contribution is -2.35. The predicted octanol–water partition coefficient (Wildman–Crippen LogP) is 0.293. The van der Waals surface area contributed by atoms with E-state index in [4.69, 9.17) is 0 Å². The molecule has 1 aliphatic heterocycles. The van der Waals surface area contributed by atoms with E-state index in [1.54, 1.807) is 4.98 Å². The summed E-state index contributed by atoms with van der Waals surface area (Å²) in [4.78, 5) is 62.7. The predicted molar refractivity (Wildman–Crippen MR) is 90.2 cm³/mol. The number of fused-ring (bicyclic) bond motifs is 5. The number of carbonyl (C=O) groups is 3. The number of hydrogen-bond donors (Lipinski definition) is 1. The number of allylic oxidation sites excluding steroid dienone is 2. The molecule has 142 valence electrons. The Labute approximate surface area is 152 Å². The highest BCUT2D eigenvalue weighted by molar-refractivity contribution is 6.06. The Morgan fingerprint density at radius 1 is 1.07 bits per heavy atom. The first-order valence-electron chi connectivity index (χ1n) is 8.96. The summed E-state index contributed by atoms with van der Waals surface area (Å²) >= 11 is 0. The molecule has 1 N–H and O–H groups in total. The number of halogens is 1. The topological polar surface area (TPSA) is 109 Å². The first-order chi connectivity index (χ1) is 12.9. The fourth-order valence-electron chi connectivity index (χ4n) is 4.48. The van der Waals surface area contributed by atoms with Crippen molar-refractivity contribution in [1.82, 2.24) is 14.5 Å². The van der Waals surface area contributed by atoms with Crippen molar-refractivity contribution in [1.29, 1.82) is 0 Å². The molecule has 3 aliphatic rings. The second kappa shape index (κ2) is 6.40. The number of likely N-dealkylation sites (tertiary alicyclic amines) is 1. The zero-order chi connectivity index (χ0) is 19.3. The summed E-state index contributed by atoms with van der Waals surface area (Å²) in [5.74, 6) is -2.30. The molecule has 1 saturated heterocycles. The second-order valence-electron chi connectivity index (χ2n) is 7.29. The third-order valence-electron chi connectivity index (χ3n) is 5.75. The van der Waals surface area contributed by atoms with Crippen molar-refractivity contribution in [3.05, 3.63) is 45.0 Å². The van der Waals surface area contributed by atoms with E-state index in [-0.39, 0.29) is 48.5 Å². The molecule has 1 aromatic rings. The van der Waals surface area contributed by atoms with Gasteiger partial charge in [0, 0.05) is 13.0 Å². The number of nitrogens with one attached hydrogen (secondary N) is 1. The Hall–Kier alpha value is -2.84. The minimum atomic E-state index is -1.22. The first-order valence-corrected chi connectivity index (χ1v) is 8.96. The van der Waals surface area contributed by atoms with Crippen molar-refractivity contribution < 1.29 is 18.8 Å². The number of hydrogen-bond acceptors (Lipinski definition) is 5. The van der Waals surface area contributed by atoms with E-state index in [1.807, 2.05) is 12.2 Å². The van der Waals surface area contributed by atoms with Crippen LogP contribution >= 0.6 is 0 Å². The highest BCUT2D eigenvalue weighted by Crippen LogP contribution is 2.52. The number of carbonyl (C=O) groups excluding carboxylic acids is 3. The number of rotatable bonds is 5. The largest absolute Gasteiger partial charge is 0.335 e.